The van der Waals surface area contributed by atoms with Crippen LogP contribution in [0.5, 0.6) is 0 Å². The number of rotatable bonds is 0. The van der Waals surface area contributed by atoms with Crippen LogP contribution in [-0.4, -0.2) is 36.5 Å². The average molecular weight is 396 g/mol. The molecule has 0 aromatic heterocycles. The molecule has 1 amide bonds. The molecule has 3 rings (SSSR count). The largest absolute Gasteiger partial charge is 0.648 e. The van der Waals surface area contributed by atoms with Crippen molar-refractivity contribution in [1.29, 1.82) is 0 Å². The van der Waals surface area contributed by atoms with Gasteiger partial charge in [0.25, 0.3) is 0 Å². The second kappa shape index (κ2) is 4.76. The Bertz CT molecular complexity index is 278. The van der Waals surface area contributed by atoms with Crippen LogP contribution in [0.4, 0.5) is 0 Å². The molecule has 0 bridgehead atoms. The van der Waals surface area contributed by atoms with Gasteiger partial charge in [-0.05, 0) is 20.0 Å². The van der Waals surface area contributed by atoms with Crippen molar-refractivity contribution in [2.75, 3.05) is 20.1 Å². The van der Waals surface area contributed by atoms with E-state index in [2.05, 4.69) is 17.3 Å². The molecule has 3 fully saturated rings. The fraction of sp³-hybridized carbons (Fsp3) is 0.917. The van der Waals surface area contributed by atoms with Gasteiger partial charge >= 0.3 is 0 Å². The van der Waals surface area contributed by atoms with E-state index < -0.39 is 0 Å². The number of likely N-dealkylation sites (tertiary alicyclic amines) is 1. The smallest absolute Gasteiger partial charge is 0.0591 e. The Hall–Kier alpha value is 0.0923. The van der Waals surface area contributed by atoms with Crippen molar-refractivity contribution >= 4 is 5.91 Å². The molecule has 2 spiro atoms. The normalized spacial score (nSPS) is 34.3. The van der Waals surface area contributed by atoms with Gasteiger partial charge in [0.2, 0.25) is 0 Å². The van der Waals surface area contributed by atoms with Crippen LogP contribution in [0.2, 0.25) is 0 Å². The zero-order valence-corrected chi connectivity index (χ0v) is 13.1. The van der Waals surface area contributed by atoms with E-state index in [1.165, 1.54) is 0 Å². The summed E-state index contributed by atoms with van der Waals surface area (Å²) in [5.74, 6) is 0.203. The summed E-state index contributed by atoms with van der Waals surface area (Å²) in [6, 6.07) is 0. The number of carbonyl (C=O) groups excluding carboxylic acids is 1. The molecule has 0 aromatic rings. The van der Waals surface area contributed by atoms with Gasteiger partial charge in [-0.1, -0.05) is 33.1 Å². The Morgan fingerprint density at radius 2 is 1.88 bits per heavy atom. The summed E-state index contributed by atoms with van der Waals surface area (Å²) in [6.45, 7) is 6.01. The van der Waals surface area contributed by atoms with Crippen molar-refractivity contribution in [3.8, 4) is 0 Å². The molecule has 93 valence electrons. The molecule has 1 atom stereocenters. The minimum atomic E-state index is -0.0642. The number of hydrogen-bond donors (Lipinski definition) is 0. The fourth-order valence-corrected chi connectivity index (χ4v) is 2.91. The maximum atomic E-state index is 11.8. The van der Waals surface area contributed by atoms with E-state index >= 15 is 0 Å². The first-order valence-corrected chi connectivity index (χ1v) is 6.10. The van der Waals surface area contributed by atoms with Crippen LogP contribution in [0.1, 0.15) is 39.5 Å². The van der Waals surface area contributed by atoms with E-state index in [0.717, 1.165) is 38.8 Å². The molecular weight excluding hydrogens is 374 g/mol. The summed E-state index contributed by atoms with van der Waals surface area (Å²) >= 11 is 0. The van der Waals surface area contributed by atoms with E-state index in [4.69, 9.17) is 0 Å². The molecule has 3 aliphatic rings. The minimum Gasteiger partial charge on any atom is -0.648 e. The minimum absolute atomic E-state index is 0. The summed E-state index contributed by atoms with van der Waals surface area (Å²) in [4.78, 5) is 14.1. The molecule has 1 radical (unpaired) electrons. The standard InChI is InChI=1S/C10H16N2O.C2H6.Re/c1-12-5-4-9(7-12)6-10(2-3-10)11-8(9)13;1-2;/h2-7H2,1H3,(H,11,13);1-2H3;/p-1. The number of carbonyl (C=O) groups is 1. The third kappa shape index (κ3) is 2.21. The van der Waals surface area contributed by atoms with Gasteiger partial charge in [-0.2, -0.15) is 0 Å². The third-order valence-corrected chi connectivity index (χ3v) is 3.83. The number of amides is 1. The Balaban J connectivity index is 0.000000406. The van der Waals surface area contributed by atoms with Crippen LogP contribution < -0.4 is 0 Å². The van der Waals surface area contributed by atoms with E-state index in [-0.39, 0.29) is 37.3 Å². The molecule has 1 saturated carbocycles. The molecule has 3 nitrogen and oxygen atoms in total. The predicted octanol–water partition coefficient (Wildman–Crippen LogP) is 2.17. The van der Waals surface area contributed by atoms with E-state index in [9.17, 15) is 4.79 Å². The van der Waals surface area contributed by atoms with Gasteiger partial charge in [-0.3, -0.25) is 0 Å². The van der Waals surface area contributed by atoms with Crippen molar-refractivity contribution in [2.45, 2.75) is 45.1 Å². The van der Waals surface area contributed by atoms with E-state index in [1.54, 1.807) is 0 Å². The summed E-state index contributed by atoms with van der Waals surface area (Å²) in [6.07, 6.45) is 4.39. The maximum Gasteiger partial charge on any atom is 0.0591 e. The van der Waals surface area contributed by atoms with Crippen LogP contribution >= 0.6 is 0 Å². The number of nitrogens with zero attached hydrogens (tertiary/aromatic N) is 2. The second-order valence-electron chi connectivity index (χ2n) is 5.09. The topological polar surface area (TPSA) is 34.4 Å². The van der Waals surface area contributed by atoms with Crippen molar-refractivity contribution < 1.29 is 25.2 Å². The molecule has 4 heteroatoms. The summed E-state index contributed by atoms with van der Waals surface area (Å²) < 4.78 is 0. The van der Waals surface area contributed by atoms with Gasteiger partial charge in [-0.25, -0.2) is 0 Å². The quantitative estimate of drug-likeness (QED) is 0.630. The van der Waals surface area contributed by atoms with Gasteiger partial charge in [0, 0.05) is 32.4 Å². The first-order chi connectivity index (χ1) is 7.14. The summed E-state index contributed by atoms with van der Waals surface area (Å²) in [5.41, 5.74) is 0.0630. The Labute approximate surface area is 112 Å². The Kier molecular flexibility index (Phi) is 4.21. The molecule has 1 unspecified atom stereocenters. The van der Waals surface area contributed by atoms with Crippen LogP contribution in [-0.2, 0) is 25.2 Å². The van der Waals surface area contributed by atoms with Crippen molar-refractivity contribution in [1.82, 2.24) is 4.90 Å². The fourth-order valence-electron chi connectivity index (χ4n) is 2.91. The van der Waals surface area contributed by atoms with Gasteiger partial charge in [0.15, 0.2) is 0 Å². The van der Waals surface area contributed by atoms with Crippen molar-refractivity contribution in [3.63, 3.8) is 0 Å². The van der Waals surface area contributed by atoms with Crippen LogP contribution in [0, 0.1) is 5.41 Å². The monoisotopic (exact) mass is 396 g/mol. The van der Waals surface area contributed by atoms with Crippen molar-refractivity contribution in [3.05, 3.63) is 5.32 Å². The van der Waals surface area contributed by atoms with E-state index in [0.29, 0.717) is 0 Å². The molecule has 0 aromatic carbocycles. The zero-order valence-electron chi connectivity index (χ0n) is 10.4. The maximum absolute atomic E-state index is 11.8. The Morgan fingerprint density at radius 1 is 1.25 bits per heavy atom. The number of hydrogen-bond acceptors (Lipinski definition) is 2. The van der Waals surface area contributed by atoms with E-state index in [1.807, 2.05) is 13.8 Å². The molecule has 2 saturated heterocycles. The van der Waals surface area contributed by atoms with Crippen LogP contribution in [0.3, 0.4) is 0 Å². The average Bonchev–Trinajstić information content (AvgIpc) is 2.76. The molecule has 16 heavy (non-hydrogen) atoms. The summed E-state index contributed by atoms with van der Waals surface area (Å²) in [5, 5.41) is 4.34. The first kappa shape index (κ1) is 14.2. The van der Waals surface area contributed by atoms with Crippen LogP contribution in [0.25, 0.3) is 5.32 Å². The Morgan fingerprint density at radius 3 is 2.25 bits per heavy atom. The third-order valence-electron chi connectivity index (χ3n) is 3.83. The molecule has 2 heterocycles. The van der Waals surface area contributed by atoms with Gasteiger partial charge in [0.1, 0.15) is 0 Å². The van der Waals surface area contributed by atoms with Gasteiger partial charge in [-0.15, -0.1) is 5.54 Å². The second-order valence-corrected chi connectivity index (χ2v) is 5.09. The van der Waals surface area contributed by atoms with Crippen molar-refractivity contribution in [2.24, 2.45) is 5.41 Å². The predicted molar refractivity (Wildman–Crippen MR) is 60.8 cm³/mol. The SMILES string of the molecule is CC.CN1CCC2(C1)CC1(CC1)[N-]C2=O.[Re]. The summed E-state index contributed by atoms with van der Waals surface area (Å²) in [7, 11) is 2.10. The molecular formula is C12H21N2ORe-. The first-order valence-electron chi connectivity index (χ1n) is 6.10. The van der Waals surface area contributed by atoms with Crippen LogP contribution in [0.15, 0.2) is 0 Å². The van der Waals surface area contributed by atoms with Gasteiger partial charge in [0.05, 0.1) is 5.91 Å². The molecule has 0 N–H and O–H groups in total. The van der Waals surface area contributed by atoms with Gasteiger partial charge < -0.3 is 15.0 Å². The molecule has 1 aliphatic carbocycles. The zero-order chi connectivity index (χ0) is 11.1. The molecule has 2 aliphatic heterocycles.